The number of ether oxygens (including phenoxy) is 1. The van der Waals surface area contributed by atoms with Crippen LogP contribution in [0.1, 0.15) is 18.4 Å². The first-order valence-corrected chi connectivity index (χ1v) is 4.83. The van der Waals surface area contributed by atoms with Gasteiger partial charge in [-0.15, -0.1) is 0 Å². The molecule has 0 aliphatic carbocycles. The fourth-order valence-electron chi connectivity index (χ4n) is 1.14. The van der Waals surface area contributed by atoms with Crippen LogP contribution in [-0.4, -0.2) is 13.2 Å². The Morgan fingerprint density at radius 3 is 2.79 bits per heavy atom. The molecule has 0 bridgehead atoms. The first kappa shape index (κ1) is 11.0. The van der Waals surface area contributed by atoms with Crippen LogP contribution in [0.3, 0.4) is 0 Å². The third-order valence-electron chi connectivity index (χ3n) is 2.00. The van der Waals surface area contributed by atoms with Gasteiger partial charge in [0.15, 0.2) is 0 Å². The summed E-state index contributed by atoms with van der Waals surface area (Å²) in [5.41, 5.74) is 5.96. The van der Waals surface area contributed by atoms with E-state index in [-0.39, 0.29) is 5.82 Å². The summed E-state index contributed by atoms with van der Waals surface area (Å²) in [6.45, 7) is 3.05. The van der Waals surface area contributed by atoms with Crippen LogP contribution in [0, 0.1) is 12.7 Å². The molecule has 3 heteroatoms. The predicted octanol–water partition coefficient (Wildman–Crippen LogP) is 2.25. The van der Waals surface area contributed by atoms with Crippen molar-refractivity contribution >= 4 is 0 Å². The summed E-state index contributed by atoms with van der Waals surface area (Å²) in [5, 5.41) is 0. The van der Waals surface area contributed by atoms with Gasteiger partial charge in [-0.3, -0.25) is 0 Å². The third-order valence-corrected chi connectivity index (χ3v) is 2.00. The number of rotatable bonds is 5. The monoisotopic (exact) mass is 197 g/mol. The standard InChI is InChI=1S/C11H16FNO/c1-9-8-10(4-5-11(9)12)14-7-3-2-6-13/h4-5,8H,2-3,6-7,13H2,1H3. The van der Waals surface area contributed by atoms with Gasteiger partial charge in [0.1, 0.15) is 11.6 Å². The minimum atomic E-state index is -0.195. The number of aryl methyl sites for hydroxylation is 1. The zero-order chi connectivity index (χ0) is 10.4. The van der Waals surface area contributed by atoms with E-state index in [0.29, 0.717) is 18.7 Å². The van der Waals surface area contributed by atoms with Crippen LogP contribution in [0.2, 0.25) is 0 Å². The van der Waals surface area contributed by atoms with Crippen molar-refractivity contribution in [3.05, 3.63) is 29.6 Å². The maximum absolute atomic E-state index is 12.9. The summed E-state index contributed by atoms with van der Waals surface area (Å²) in [5.74, 6) is 0.528. The summed E-state index contributed by atoms with van der Waals surface area (Å²) in [4.78, 5) is 0. The van der Waals surface area contributed by atoms with E-state index in [2.05, 4.69) is 0 Å². The van der Waals surface area contributed by atoms with Crippen molar-refractivity contribution < 1.29 is 9.13 Å². The summed E-state index contributed by atoms with van der Waals surface area (Å²) >= 11 is 0. The fraction of sp³-hybridized carbons (Fsp3) is 0.455. The third kappa shape index (κ3) is 3.34. The van der Waals surface area contributed by atoms with Gasteiger partial charge in [0.2, 0.25) is 0 Å². The maximum atomic E-state index is 12.9. The Hall–Kier alpha value is -1.09. The van der Waals surface area contributed by atoms with Gasteiger partial charge in [0.05, 0.1) is 6.61 Å². The Morgan fingerprint density at radius 2 is 2.14 bits per heavy atom. The highest BCUT2D eigenvalue weighted by Crippen LogP contribution is 2.15. The Labute approximate surface area is 83.9 Å². The zero-order valence-electron chi connectivity index (χ0n) is 8.42. The highest BCUT2D eigenvalue weighted by atomic mass is 19.1. The molecule has 0 aromatic heterocycles. The maximum Gasteiger partial charge on any atom is 0.126 e. The van der Waals surface area contributed by atoms with E-state index in [1.807, 2.05) is 0 Å². The Morgan fingerprint density at radius 1 is 1.36 bits per heavy atom. The summed E-state index contributed by atoms with van der Waals surface area (Å²) < 4.78 is 18.3. The molecule has 0 saturated heterocycles. The molecule has 0 spiro atoms. The van der Waals surface area contributed by atoms with Crippen molar-refractivity contribution in [2.24, 2.45) is 5.73 Å². The van der Waals surface area contributed by atoms with Crippen LogP contribution >= 0.6 is 0 Å². The molecule has 0 amide bonds. The van der Waals surface area contributed by atoms with Crippen molar-refractivity contribution in [2.45, 2.75) is 19.8 Å². The SMILES string of the molecule is Cc1cc(OCCCCN)ccc1F. The first-order chi connectivity index (χ1) is 6.74. The van der Waals surface area contributed by atoms with Gasteiger partial charge < -0.3 is 10.5 Å². The van der Waals surface area contributed by atoms with E-state index in [1.54, 1.807) is 19.1 Å². The molecule has 14 heavy (non-hydrogen) atoms. The van der Waals surface area contributed by atoms with Crippen molar-refractivity contribution in [2.75, 3.05) is 13.2 Å². The molecule has 1 aromatic carbocycles. The Balaban J connectivity index is 2.39. The van der Waals surface area contributed by atoms with Crippen molar-refractivity contribution in [3.8, 4) is 5.75 Å². The van der Waals surface area contributed by atoms with Crippen LogP contribution in [0.4, 0.5) is 4.39 Å². The van der Waals surface area contributed by atoms with E-state index in [1.165, 1.54) is 6.07 Å². The topological polar surface area (TPSA) is 35.2 Å². The van der Waals surface area contributed by atoms with E-state index in [4.69, 9.17) is 10.5 Å². The van der Waals surface area contributed by atoms with E-state index >= 15 is 0 Å². The van der Waals surface area contributed by atoms with E-state index in [0.717, 1.165) is 18.6 Å². The Kier molecular flexibility index (Phi) is 4.40. The molecule has 1 aromatic rings. The number of unbranched alkanes of at least 4 members (excludes halogenated alkanes) is 1. The second-order valence-corrected chi connectivity index (χ2v) is 3.26. The minimum absolute atomic E-state index is 0.195. The Bertz CT molecular complexity index is 289. The molecule has 0 aliphatic rings. The first-order valence-electron chi connectivity index (χ1n) is 4.83. The average Bonchev–Trinajstić information content (AvgIpc) is 2.18. The van der Waals surface area contributed by atoms with Crippen LogP contribution in [0.15, 0.2) is 18.2 Å². The second kappa shape index (κ2) is 5.60. The van der Waals surface area contributed by atoms with Gasteiger partial charge in [-0.05, 0) is 50.1 Å². The fourth-order valence-corrected chi connectivity index (χ4v) is 1.14. The van der Waals surface area contributed by atoms with E-state index in [9.17, 15) is 4.39 Å². The molecule has 0 radical (unpaired) electrons. The van der Waals surface area contributed by atoms with Gasteiger partial charge >= 0.3 is 0 Å². The molecule has 0 saturated carbocycles. The largest absolute Gasteiger partial charge is 0.494 e. The summed E-state index contributed by atoms with van der Waals surface area (Å²) in [6, 6.07) is 4.77. The molecule has 2 N–H and O–H groups in total. The van der Waals surface area contributed by atoms with Gasteiger partial charge in [-0.2, -0.15) is 0 Å². The quantitative estimate of drug-likeness (QED) is 0.735. The zero-order valence-corrected chi connectivity index (χ0v) is 8.42. The molecular weight excluding hydrogens is 181 g/mol. The smallest absolute Gasteiger partial charge is 0.126 e. The molecule has 0 aliphatic heterocycles. The number of nitrogens with two attached hydrogens (primary N) is 1. The van der Waals surface area contributed by atoms with Crippen LogP contribution in [0.25, 0.3) is 0 Å². The van der Waals surface area contributed by atoms with Crippen molar-refractivity contribution in [1.82, 2.24) is 0 Å². The number of hydrogen-bond acceptors (Lipinski definition) is 2. The molecule has 0 fully saturated rings. The summed E-state index contributed by atoms with van der Waals surface area (Å²) in [7, 11) is 0. The molecule has 78 valence electrons. The number of benzene rings is 1. The average molecular weight is 197 g/mol. The molecule has 0 atom stereocenters. The van der Waals surface area contributed by atoms with Crippen LogP contribution < -0.4 is 10.5 Å². The second-order valence-electron chi connectivity index (χ2n) is 3.26. The molecule has 1 rings (SSSR count). The lowest BCUT2D eigenvalue weighted by molar-refractivity contribution is 0.307. The molecule has 0 heterocycles. The lowest BCUT2D eigenvalue weighted by Crippen LogP contribution is -2.03. The predicted molar refractivity (Wildman–Crippen MR) is 54.9 cm³/mol. The van der Waals surface area contributed by atoms with Crippen molar-refractivity contribution in [3.63, 3.8) is 0 Å². The number of halogens is 1. The van der Waals surface area contributed by atoms with Gasteiger partial charge in [0.25, 0.3) is 0 Å². The van der Waals surface area contributed by atoms with Gasteiger partial charge in [0, 0.05) is 0 Å². The highest BCUT2D eigenvalue weighted by molar-refractivity contribution is 5.28. The van der Waals surface area contributed by atoms with Crippen molar-refractivity contribution in [1.29, 1.82) is 0 Å². The summed E-state index contributed by atoms with van der Waals surface area (Å²) in [6.07, 6.45) is 1.90. The highest BCUT2D eigenvalue weighted by Gasteiger charge is 1.99. The van der Waals surface area contributed by atoms with Crippen LogP contribution in [-0.2, 0) is 0 Å². The normalized spacial score (nSPS) is 10.2. The minimum Gasteiger partial charge on any atom is -0.494 e. The molecule has 2 nitrogen and oxygen atoms in total. The number of hydrogen-bond donors (Lipinski definition) is 1. The van der Waals surface area contributed by atoms with Crippen LogP contribution in [0.5, 0.6) is 5.75 Å². The molecule has 0 unspecified atom stereocenters. The van der Waals surface area contributed by atoms with Gasteiger partial charge in [-0.1, -0.05) is 0 Å². The molecular formula is C11H16FNO. The lowest BCUT2D eigenvalue weighted by atomic mass is 10.2. The lowest BCUT2D eigenvalue weighted by Gasteiger charge is -2.06. The van der Waals surface area contributed by atoms with E-state index < -0.39 is 0 Å². The van der Waals surface area contributed by atoms with Gasteiger partial charge in [-0.25, -0.2) is 4.39 Å².